The Morgan fingerprint density at radius 2 is 1.97 bits per heavy atom. The first-order chi connectivity index (χ1) is 14.1. The second kappa shape index (κ2) is 13.0. The molecule has 1 aromatic carbocycles. The Balaban J connectivity index is 0.00000320. The average Bonchev–Trinajstić information content (AvgIpc) is 3.26. The first-order valence-corrected chi connectivity index (χ1v) is 10.7. The molecule has 2 aliphatic rings. The Kier molecular flexibility index (Phi) is 10.7. The van der Waals surface area contributed by atoms with Crippen molar-refractivity contribution in [1.82, 2.24) is 10.2 Å². The van der Waals surface area contributed by atoms with Gasteiger partial charge in [-0.25, -0.2) is 0 Å². The zero-order chi connectivity index (χ0) is 20.5. The Hall–Kier alpha value is -1.55. The molecule has 1 saturated heterocycles. The lowest BCUT2D eigenvalue weighted by molar-refractivity contribution is -0.119. The second-order valence-electron chi connectivity index (χ2n) is 7.97. The predicted octanol–water partition coefficient (Wildman–Crippen LogP) is 2.92. The fourth-order valence-electron chi connectivity index (χ4n) is 4.10. The van der Waals surface area contributed by atoms with Gasteiger partial charge >= 0.3 is 0 Å². The largest absolute Gasteiger partial charge is 0.484 e. The monoisotopic (exact) mass is 530 g/mol. The Bertz CT molecular complexity index is 687. The summed E-state index contributed by atoms with van der Waals surface area (Å²) in [7, 11) is 1.82. The number of benzene rings is 1. The molecule has 0 aromatic heterocycles. The number of piperidine rings is 1. The van der Waals surface area contributed by atoms with Crippen LogP contribution in [0.4, 0.5) is 0 Å². The maximum Gasteiger partial charge on any atom is 0.255 e. The Morgan fingerprint density at radius 3 is 2.63 bits per heavy atom. The third-order valence-corrected chi connectivity index (χ3v) is 5.73. The van der Waals surface area contributed by atoms with Gasteiger partial charge in [0, 0.05) is 33.3 Å². The van der Waals surface area contributed by atoms with Crippen molar-refractivity contribution in [2.45, 2.75) is 51.2 Å². The van der Waals surface area contributed by atoms with Gasteiger partial charge in [0.1, 0.15) is 5.75 Å². The SMILES string of the molecule is CN=C(NCc1cccc(OCC(N)=O)c1)N1CCC(OCC2CCCC2)CC1.I. The summed E-state index contributed by atoms with van der Waals surface area (Å²) < 4.78 is 11.5. The number of halogens is 1. The van der Waals surface area contributed by atoms with Gasteiger partial charge in [-0.15, -0.1) is 24.0 Å². The topological polar surface area (TPSA) is 89.2 Å². The molecule has 0 spiro atoms. The number of hydrogen-bond acceptors (Lipinski definition) is 4. The highest BCUT2D eigenvalue weighted by Crippen LogP contribution is 2.26. The van der Waals surface area contributed by atoms with Crippen LogP contribution in [0.5, 0.6) is 5.75 Å². The maximum atomic E-state index is 10.9. The molecule has 1 amide bonds. The molecule has 30 heavy (non-hydrogen) atoms. The van der Waals surface area contributed by atoms with Crippen LogP contribution in [0.1, 0.15) is 44.1 Å². The lowest BCUT2D eigenvalue weighted by Crippen LogP contribution is -2.46. The quantitative estimate of drug-likeness (QED) is 0.307. The van der Waals surface area contributed by atoms with Crippen molar-refractivity contribution in [3.8, 4) is 5.75 Å². The smallest absolute Gasteiger partial charge is 0.255 e. The van der Waals surface area contributed by atoms with Crippen LogP contribution < -0.4 is 15.8 Å². The minimum atomic E-state index is -0.482. The van der Waals surface area contributed by atoms with Crippen LogP contribution in [0.2, 0.25) is 0 Å². The molecule has 2 fully saturated rings. The first kappa shape index (κ1) is 24.7. The van der Waals surface area contributed by atoms with Gasteiger partial charge in [-0.05, 0) is 49.3 Å². The summed E-state index contributed by atoms with van der Waals surface area (Å²) in [5.74, 6) is 1.84. The number of aliphatic imine (C=N–C) groups is 1. The number of nitrogens with zero attached hydrogens (tertiary/aromatic N) is 2. The van der Waals surface area contributed by atoms with Gasteiger partial charge in [0.15, 0.2) is 12.6 Å². The molecule has 1 aliphatic carbocycles. The summed E-state index contributed by atoms with van der Waals surface area (Å²) >= 11 is 0. The van der Waals surface area contributed by atoms with E-state index in [2.05, 4.69) is 15.2 Å². The number of amides is 1. The number of carbonyl (C=O) groups excluding carboxylic acids is 1. The molecule has 0 atom stereocenters. The Labute approximate surface area is 196 Å². The molecule has 0 bridgehead atoms. The number of ether oxygens (including phenoxy) is 2. The van der Waals surface area contributed by atoms with Crippen molar-refractivity contribution in [2.24, 2.45) is 16.6 Å². The highest BCUT2D eigenvalue weighted by atomic mass is 127. The van der Waals surface area contributed by atoms with Gasteiger partial charge in [-0.2, -0.15) is 0 Å². The molecule has 3 N–H and O–H groups in total. The molecule has 1 aromatic rings. The summed E-state index contributed by atoms with van der Waals surface area (Å²) in [6.45, 7) is 3.37. The van der Waals surface area contributed by atoms with Gasteiger partial charge < -0.3 is 25.4 Å². The minimum Gasteiger partial charge on any atom is -0.484 e. The zero-order valence-electron chi connectivity index (χ0n) is 17.8. The second-order valence-corrected chi connectivity index (χ2v) is 7.97. The molecule has 168 valence electrons. The number of nitrogens with one attached hydrogen (secondary N) is 1. The number of likely N-dealkylation sites (tertiary alicyclic amines) is 1. The van der Waals surface area contributed by atoms with E-state index in [0.29, 0.717) is 18.4 Å². The minimum absolute atomic E-state index is 0. The number of rotatable bonds is 8. The number of hydrogen-bond donors (Lipinski definition) is 2. The van der Waals surface area contributed by atoms with Crippen LogP contribution in [0, 0.1) is 5.92 Å². The van der Waals surface area contributed by atoms with E-state index < -0.39 is 5.91 Å². The predicted molar refractivity (Wildman–Crippen MR) is 129 cm³/mol. The number of nitrogens with two attached hydrogens (primary N) is 1. The summed E-state index contributed by atoms with van der Waals surface area (Å²) in [4.78, 5) is 17.6. The van der Waals surface area contributed by atoms with E-state index in [1.807, 2.05) is 31.3 Å². The first-order valence-electron chi connectivity index (χ1n) is 10.7. The van der Waals surface area contributed by atoms with E-state index in [1.165, 1.54) is 25.7 Å². The lowest BCUT2D eigenvalue weighted by atomic mass is 10.1. The van der Waals surface area contributed by atoms with Crippen molar-refractivity contribution in [3.05, 3.63) is 29.8 Å². The Morgan fingerprint density at radius 1 is 1.23 bits per heavy atom. The molecule has 1 saturated carbocycles. The molecule has 7 nitrogen and oxygen atoms in total. The molecule has 8 heteroatoms. The molecule has 0 radical (unpaired) electrons. The third-order valence-electron chi connectivity index (χ3n) is 5.73. The molecular formula is C22H35IN4O3. The van der Waals surface area contributed by atoms with Gasteiger partial charge in [-0.3, -0.25) is 9.79 Å². The van der Waals surface area contributed by atoms with Gasteiger partial charge in [0.2, 0.25) is 0 Å². The van der Waals surface area contributed by atoms with E-state index in [1.54, 1.807) is 0 Å². The van der Waals surface area contributed by atoms with Crippen molar-refractivity contribution in [1.29, 1.82) is 0 Å². The zero-order valence-corrected chi connectivity index (χ0v) is 20.2. The maximum absolute atomic E-state index is 10.9. The summed E-state index contributed by atoms with van der Waals surface area (Å²) in [5, 5.41) is 3.43. The fourth-order valence-corrected chi connectivity index (χ4v) is 4.10. The highest BCUT2D eigenvalue weighted by molar-refractivity contribution is 14.0. The summed E-state index contributed by atoms with van der Waals surface area (Å²) in [6.07, 6.45) is 7.88. The lowest BCUT2D eigenvalue weighted by Gasteiger charge is -2.34. The van der Waals surface area contributed by atoms with Crippen molar-refractivity contribution < 1.29 is 14.3 Å². The normalized spacial score (nSPS) is 18.2. The van der Waals surface area contributed by atoms with Crippen molar-refractivity contribution in [2.75, 3.05) is 33.4 Å². The van der Waals surface area contributed by atoms with Gasteiger partial charge in [0.25, 0.3) is 5.91 Å². The molecule has 3 rings (SSSR count). The highest BCUT2D eigenvalue weighted by Gasteiger charge is 2.23. The summed E-state index contributed by atoms with van der Waals surface area (Å²) in [6, 6.07) is 7.65. The van der Waals surface area contributed by atoms with E-state index in [0.717, 1.165) is 50.0 Å². The molecular weight excluding hydrogens is 495 g/mol. The average molecular weight is 530 g/mol. The standard InChI is InChI=1S/C22H34N4O3.HI/c1-24-22(25-14-18-7-4-8-20(13-18)29-16-21(23)27)26-11-9-19(10-12-26)28-15-17-5-2-3-6-17;/h4,7-8,13,17,19H,2-3,5-6,9-12,14-16H2,1H3,(H2,23,27)(H,24,25);1H. The van der Waals surface area contributed by atoms with Gasteiger partial charge in [0.05, 0.1) is 6.10 Å². The number of guanidine groups is 1. The van der Waals surface area contributed by atoms with E-state index in [9.17, 15) is 4.79 Å². The molecule has 1 aliphatic heterocycles. The van der Waals surface area contributed by atoms with Crippen LogP contribution in [0.15, 0.2) is 29.3 Å². The van der Waals surface area contributed by atoms with Crippen LogP contribution in [0.25, 0.3) is 0 Å². The number of carbonyl (C=O) groups is 1. The van der Waals surface area contributed by atoms with Crippen molar-refractivity contribution >= 4 is 35.8 Å². The molecule has 0 unspecified atom stereocenters. The van der Waals surface area contributed by atoms with Gasteiger partial charge in [-0.1, -0.05) is 25.0 Å². The van der Waals surface area contributed by atoms with Crippen molar-refractivity contribution in [3.63, 3.8) is 0 Å². The van der Waals surface area contributed by atoms with Crippen LogP contribution >= 0.6 is 24.0 Å². The summed E-state index contributed by atoms with van der Waals surface area (Å²) in [5.41, 5.74) is 6.19. The van der Waals surface area contributed by atoms with E-state index >= 15 is 0 Å². The number of primary amides is 1. The third kappa shape index (κ3) is 7.94. The fraction of sp³-hybridized carbons (Fsp3) is 0.636. The van der Waals surface area contributed by atoms with E-state index in [-0.39, 0.29) is 30.6 Å². The van der Waals surface area contributed by atoms with Crippen LogP contribution in [0.3, 0.4) is 0 Å². The van der Waals surface area contributed by atoms with E-state index in [4.69, 9.17) is 15.2 Å². The van der Waals surface area contributed by atoms with Crippen LogP contribution in [-0.2, 0) is 16.1 Å². The molecule has 1 heterocycles. The van der Waals surface area contributed by atoms with Crippen LogP contribution in [-0.4, -0.2) is 56.2 Å².